The standard InChI is InChI=1S/C12H14N4O3/c1-8(5-6-13)15(2)11-7-9(12(14)17)3-4-10(11)16(18)19/h3-4,7-8H,5H2,1-2H3,(H2,14,17). The number of amides is 1. The van der Waals surface area contributed by atoms with Gasteiger partial charge in [0.25, 0.3) is 5.69 Å². The minimum atomic E-state index is -0.655. The van der Waals surface area contributed by atoms with Crippen molar-refractivity contribution < 1.29 is 9.72 Å². The summed E-state index contributed by atoms with van der Waals surface area (Å²) in [6.07, 6.45) is 0.217. The van der Waals surface area contributed by atoms with E-state index in [1.165, 1.54) is 18.2 Å². The number of primary amides is 1. The van der Waals surface area contributed by atoms with Crippen LogP contribution in [0, 0.1) is 21.4 Å². The molecule has 1 aromatic rings. The van der Waals surface area contributed by atoms with E-state index in [1.807, 2.05) is 6.07 Å². The Bertz CT molecular complexity index is 550. The molecule has 0 saturated heterocycles. The predicted octanol–water partition coefficient (Wildman–Crippen LogP) is 1.43. The van der Waals surface area contributed by atoms with E-state index in [0.717, 1.165) is 0 Å². The van der Waals surface area contributed by atoms with Crippen LogP contribution < -0.4 is 10.6 Å². The van der Waals surface area contributed by atoms with Gasteiger partial charge in [0.05, 0.1) is 17.4 Å². The monoisotopic (exact) mass is 262 g/mol. The SMILES string of the molecule is CC(CC#N)N(C)c1cc(C(N)=O)ccc1[N+](=O)[O-]. The van der Waals surface area contributed by atoms with Gasteiger partial charge in [-0.15, -0.1) is 0 Å². The molecule has 19 heavy (non-hydrogen) atoms. The number of hydrogen-bond donors (Lipinski definition) is 1. The third kappa shape index (κ3) is 3.19. The van der Waals surface area contributed by atoms with E-state index in [4.69, 9.17) is 11.0 Å². The van der Waals surface area contributed by atoms with Crippen LogP contribution in [-0.4, -0.2) is 23.9 Å². The molecule has 7 heteroatoms. The number of nitriles is 1. The van der Waals surface area contributed by atoms with Crippen molar-refractivity contribution in [1.82, 2.24) is 0 Å². The van der Waals surface area contributed by atoms with Gasteiger partial charge in [-0.05, 0) is 19.1 Å². The second kappa shape index (κ2) is 5.82. The number of hydrogen-bond acceptors (Lipinski definition) is 5. The van der Waals surface area contributed by atoms with E-state index >= 15 is 0 Å². The topological polar surface area (TPSA) is 113 Å². The molecule has 0 aliphatic rings. The van der Waals surface area contributed by atoms with Crippen LogP contribution in [0.1, 0.15) is 23.7 Å². The number of nitro groups is 1. The molecule has 0 bridgehead atoms. The smallest absolute Gasteiger partial charge is 0.292 e. The number of nitrogens with two attached hydrogens (primary N) is 1. The molecule has 100 valence electrons. The summed E-state index contributed by atoms with van der Waals surface area (Å²) < 4.78 is 0. The lowest BCUT2D eigenvalue weighted by Crippen LogP contribution is -2.29. The average Bonchev–Trinajstić information content (AvgIpc) is 2.37. The molecule has 1 unspecified atom stereocenters. The molecule has 2 N–H and O–H groups in total. The highest BCUT2D eigenvalue weighted by Crippen LogP contribution is 2.30. The van der Waals surface area contributed by atoms with Crippen LogP contribution in [0.2, 0.25) is 0 Å². The Morgan fingerprint density at radius 1 is 1.63 bits per heavy atom. The molecule has 1 rings (SSSR count). The Labute approximate surface area is 110 Å². The molecule has 0 aromatic heterocycles. The Kier molecular flexibility index (Phi) is 4.42. The summed E-state index contributed by atoms with van der Waals surface area (Å²) >= 11 is 0. The lowest BCUT2D eigenvalue weighted by molar-refractivity contribution is -0.384. The number of benzene rings is 1. The predicted molar refractivity (Wildman–Crippen MR) is 69.7 cm³/mol. The van der Waals surface area contributed by atoms with Crippen LogP contribution in [0.15, 0.2) is 18.2 Å². The lowest BCUT2D eigenvalue weighted by atomic mass is 10.1. The van der Waals surface area contributed by atoms with Gasteiger partial charge >= 0.3 is 0 Å². The number of carbonyl (C=O) groups is 1. The van der Waals surface area contributed by atoms with Crippen LogP contribution >= 0.6 is 0 Å². The first kappa shape index (κ1) is 14.4. The number of nitro benzene ring substituents is 1. The largest absolute Gasteiger partial charge is 0.366 e. The zero-order valence-electron chi connectivity index (χ0n) is 10.7. The Morgan fingerprint density at radius 2 is 2.26 bits per heavy atom. The van der Waals surface area contributed by atoms with E-state index in [9.17, 15) is 14.9 Å². The van der Waals surface area contributed by atoms with Crippen molar-refractivity contribution in [3.05, 3.63) is 33.9 Å². The summed E-state index contributed by atoms with van der Waals surface area (Å²) in [6.45, 7) is 1.77. The first-order valence-corrected chi connectivity index (χ1v) is 5.56. The third-order valence-corrected chi connectivity index (χ3v) is 2.88. The Morgan fingerprint density at radius 3 is 2.74 bits per heavy atom. The number of carbonyl (C=O) groups excluding carboxylic acids is 1. The van der Waals surface area contributed by atoms with Gasteiger partial charge in [0.2, 0.25) is 5.91 Å². The van der Waals surface area contributed by atoms with Crippen molar-refractivity contribution in [3.63, 3.8) is 0 Å². The summed E-state index contributed by atoms with van der Waals surface area (Å²) in [4.78, 5) is 23.2. The van der Waals surface area contributed by atoms with Gasteiger partial charge < -0.3 is 10.6 Å². The van der Waals surface area contributed by atoms with Gasteiger partial charge in [0.1, 0.15) is 5.69 Å². The molecular weight excluding hydrogens is 248 g/mol. The van der Waals surface area contributed by atoms with Crippen molar-refractivity contribution in [2.75, 3.05) is 11.9 Å². The first-order valence-electron chi connectivity index (χ1n) is 5.56. The second-order valence-corrected chi connectivity index (χ2v) is 4.15. The molecule has 7 nitrogen and oxygen atoms in total. The van der Waals surface area contributed by atoms with Crippen LogP contribution in [0.25, 0.3) is 0 Å². The average molecular weight is 262 g/mol. The molecule has 0 saturated carbocycles. The molecule has 1 amide bonds. The molecule has 0 spiro atoms. The zero-order valence-corrected chi connectivity index (χ0v) is 10.7. The third-order valence-electron chi connectivity index (χ3n) is 2.88. The van der Waals surface area contributed by atoms with Crippen molar-refractivity contribution in [1.29, 1.82) is 5.26 Å². The fraction of sp³-hybridized carbons (Fsp3) is 0.333. The summed E-state index contributed by atoms with van der Waals surface area (Å²) in [6, 6.07) is 5.71. The Hall–Kier alpha value is -2.62. The quantitative estimate of drug-likeness (QED) is 0.637. The van der Waals surface area contributed by atoms with Crippen molar-refractivity contribution >= 4 is 17.3 Å². The highest BCUT2D eigenvalue weighted by molar-refractivity contribution is 5.94. The van der Waals surface area contributed by atoms with Crippen LogP contribution in [0.3, 0.4) is 0 Å². The molecule has 1 atom stereocenters. The van der Waals surface area contributed by atoms with Gasteiger partial charge in [-0.3, -0.25) is 14.9 Å². The van der Waals surface area contributed by atoms with Crippen LogP contribution in [-0.2, 0) is 0 Å². The van der Waals surface area contributed by atoms with E-state index in [2.05, 4.69) is 0 Å². The molecule has 0 radical (unpaired) electrons. The highest BCUT2D eigenvalue weighted by atomic mass is 16.6. The second-order valence-electron chi connectivity index (χ2n) is 4.15. The van der Waals surface area contributed by atoms with Crippen molar-refractivity contribution in [3.8, 4) is 6.07 Å². The molecule has 0 aliphatic carbocycles. The van der Waals surface area contributed by atoms with E-state index in [1.54, 1.807) is 18.9 Å². The van der Waals surface area contributed by atoms with Gasteiger partial charge in [-0.2, -0.15) is 5.26 Å². The van der Waals surface area contributed by atoms with E-state index in [0.29, 0.717) is 0 Å². The lowest BCUT2D eigenvalue weighted by Gasteiger charge is -2.25. The normalized spacial score (nSPS) is 11.4. The molecule has 0 aliphatic heterocycles. The summed E-state index contributed by atoms with van der Waals surface area (Å²) in [5.74, 6) is -0.655. The van der Waals surface area contributed by atoms with Gasteiger partial charge in [0.15, 0.2) is 0 Å². The fourth-order valence-electron chi connectivity index (χ4n) is 1.62. The minimum absolute atomic E-state index is 0.128. The maximum absolute atomic E-state index is 11.1. The summed E-state index contributed by atoms with van der Waals surface area (Å²) in [5.41, 5.74) is 5.50. The van der Waals surface area contributed by atoms with Gasteiger partial charge in [0, 0.05) is 24.7 Å². The van der Waals surface area contributed by atoms with Crippen LogP contribution in [0.5, 0.6) is 0 Å². The maximum Gasteiger partial charge on any atom is 0.292 e. The Balaban J connectivity index is 3.28. The summed E-state index contributed by atoms with van der Waals surface area (Å²) in [7, 11) is 1.63. The first-order chi connectivity index (χ1) is 8.88. The minimum Gasteiger partial charge on any atom is -0.366 e. The van der Waals surface area contributed by atoms with E-state index < -0.39 is 10.8 Å². The van der Waals surface area contributed by atoms with Gasteiger partial charge in [-0.1, -0.05) is 0 Å². The molecule has 1 aromatic carbocycles. The molecule has 0 heterocycles. The maximum atomic E-state index is 11.1. The molecule has 0 fully saturated rings. The summed E-state index contributed by atoms with van der Waals surface area (Å²) in [5, 5.41) is 19.7. The number of rotatable bonds is 5. The van der Waals surface area contributed by atoms with E-state index in [-0.39, 0.29) is 29.4 Å². The fourth-order valence-corrected chi connectivity index (χ4v) is 1.62. The van der Waals surface area contributed by atoms with Crippen molar-refractivity contribution in [2.45, 2.75) is 19.4 Å². The highest BCUT2D eigenvalue weighted by Gasteiger charge is 2.21. The van der Waals surface area contributed by atoms with Crippen molar-refractivity contribution in [2.24, 2.45) is 5.73 Å². The molecular formula is C12H14N4O3. The number of anilines is 1. The van der Waals surface area contributed by atoms with Gasteiger partial charge in [-0.25, -0.2) is 0 Å². The van der Waals surface area contributed by atoms with Crippen LogP contribution in [0.4, 0.5) is 11.4 Å². The number of nitrogens with zero attached hydrogens (tertiary/aromatic N) is 3. The zero-order chi connectivity index (χ0) is 14.6.